The monoisotopic (exact) mass is 589 g/mol. The molecule has 0 aromatic carbocycles. The van der Waals surface area contributed by atoms with Crippen molar-refractivity contribution < 1.29 is 36.5 Å². The van der Waals surface area contributed by atoms with Crippen LogP contribution >= 0.6 is 0 Å². The van der Waals surface area contributed by atoms with Gasteiger partial charge in [0.2, 0.25) is 0 Å². The maximum Gasteiger partial charge on any atom is 0.412 e. The molecule has 236 valence electrons. The van der Waals surface area contributed by atoms with Gasteiger partial charge in [-0.25, -0.2) is 4.79 Å². The fourth-order valence-corrected chi connectivity index (χ4v) is 10.1. The van der Waals surface area contributed by atoms with E-state index in [4.69, 9.17) is 12.2 Å². The Hall–Kier alpha value is -1.80. The van der Waals surface area contributed by atoms with Gasteiger partial charge in [-0.2, -0.15) is 0 Å². The number of ether oxygens (including phenoxy) is 2. The smallest absolute Gasteiger partial charge is 0.412 e. The minimum Gasteiger partial charge on any atom is -0.444 e. The van der Waals surface area contributed by atoms with Crippen LogP contribution in [0, 0.1) is 45.8 Å². The number of likely N-dealkylation sites (tertiary alicyclic amines) is 1. The summed E-state index contributed by atoms with van der Waals surface area (Å²) >= 11 is 0. The quantitative estimate of drug-likeness (QED) is 0.437. The Morgan fingerprint density at radius 1 is 1.05 bits per heavy atom. The second-order valence-electron chi connectivity index (χ2n) is 16.3. The molecule has 0 spiro atoms. The van der Waals surface area contributed by atoms with Gasteiger partial charge < -0.3 is 14.6 Å². The lowest BCUT2D eigenvalue weighted by atomic mass is 9.37. The predicted octanol–water partition coefficient (Wildman–Crippen LogP) is 5.72. The second kappa shape index (κ2) is 10.4. The van der Waals surface area contributed by atoms with E-state index in [0.29, 0.717) is 25.8 Å². The molecule has 5 aliphatic rings. The first-order chi connectivity index (χ1) is 20.0. The molecule has 0 radical (unpaired) electrons. The highest BCUT2D eigenvalue weighted by Crippen LogP contribution is 2.68. The van der Waals surface area contributed by atoms with Gasteiger partial charge in [-0.1, -0.05) is 34.6 Å². The Balaban J connectivity index is 1.54. The fourth-order valence-electron chi connectivity index (χ4n) is 10.1. The molecular formula is C34H53NO7. The average Bonchev–Trinajstić information content (AvgIpc) is 3.11. The molecule has 42 heavy (non-hydrogen) atoms. The van der Waals surface area contributed by atoms with Crippen molar-refractivity contribution in [3.63, 3.8) is 0 Å². The van der Waals surface area contributed by atoms with E-state index >= 15 is 0 Å². The molecule has 2 bridgehead atoms. The third kappa shape index (κ3) is 4.87. The topological polar surface area (TPSA) is 110 Å². The average molecular weight is 590 g/mol. The summed E-state index contributed by atoms with van der Waals surface area (Å²) in [6.07, 6.45) is 2.36. The molecule has 2 aliphatic heterocycles. The van der Waals surface area contributed by atoms with Gasteiger partial charge in [-0.15, -0.1) is 0 Å². The molecule has 5 rings (SSSR count). The first-order valence-electron chi connectivity index (χ1n) is 17.0. The number of nitrogens with zero attached hydrogens (tertiary/aromatic N) is 1. The number of rotatable bonds is 5. The van der Waals surface area contributed by atoms with Gasteiger partial charge in [0.15, 0.2) is 0 Å². The van der Waals surface area contributed by atoms with Gasteiger partial charge >= 0.3 is 6.09 Å². The van der Waals surface area contributed by atoms with E-state index in [1.807, 2.05) is 41.5 Å². The van der Waals surface area contributed by atoms with Gasteiger partial charge in [0.05, 0.1) is 15.4 Å². The molecule has 8 heteroatoms. The molecule has 0 aromatic rings. The maximum atomic E-state index is 14.6. The van der Waals surface area contributed by atoms with Crippen LogP contribution < -0.4 is 0 Å². The number of amides is 1. The summed E-state index contributed by atoms with van der Waals surface area (Å²) in [5, 5.41) is 10.7. The molecule has 0 unspecified atom stereocenters. The van der Waals surface area contributed by atoms with Crippen molar-refractivity contribution in [1.29, 1.82) is 0 Å². The van der Waals surface area contributed by atoms with Crippen LogP contribution in [0.4, 0.5) is 4.79 Å². The lowest BCUT2D eigenvalue weighted by Crippen LogP contribution is -2.67. The Morgan fingerprint density at radius 2 is 1.74 bits per heavy atom. The number of aliphatic hydroxyl groups is 1. The van der Waals surface area contributed by atoms with Crippen molar-refractivity contribution in [1.82, 2.24) is 4.90 Å². The van der Waals surface area contributed by atoms with E-state index in [1.54, 1.807) is 11.8 Å². The van der Waals surface area contributed by atoms with Crippen LogP contribution in [0.1, 0.15) is 116 Å². The Labute approximate surface area is 254 Å². The largest absolute Gasteiger partial charge is 0.444 e. The normalized spacial score (nSPS) is 46.5. The Kier molecular flexibility index (Phi) is 7.16. The molecule has 1 N–H and O–H groups in total. The van der Waals surface area contributed by atoms with Crippen LogP contribution in [0.15, 0.2) is 0 Å². The third-order valence-electron chi connectivity index (χ3n) is 12.1. The summed E-state index contributed by atoms with van der Waals surface area (Å²) in [5.41, 5.74) is -4.95. The predicted molar refractivity (Wildman–Crippen MR) is 157 cm³/mol. The van der Waals surface area contributed by atoms with Crippen LogP contribution in [0.2, 0.25) is 0 Å². The zero-order chi connectivity index (χ0) is 32.8. The first kappa shape index (κ1) is 28.9. The Bertz CT molecular complexity index is 1230. The minimum atomic E-state index is -2.63. The highest BCUT2D eigenvalue weighted by Gasteiger charge is 2.70. The zero-order valence-corrected chi connectivity index (χ0v) is 26.9. The van der Waals surface area contributed by atoms with Crippen molar-refractivity contribution in [2.45, 2.75) is 131 Å². The van der Waals surface area contributed by atoms with E-state index < -0.39 is 58.5 Å². The molecular weight excluding hydrogens is 534 g/mol. The number of fused-ring (bicyclic) bond motifs is 5. The molecule has 5 fully saturated rings. The van der Waals surface area contributed by atoms with Gasteiger partial charge in [-0.05, 0) is 87.9 Å². The molecule has 1 amide bonds. The first-order valence-corrected chi connectivity index (χ1v) is 16.0. The van der Waals surface area contributed by atoms with Crippen molar-refractivity contribution >= 4 is 23.4 Å². The molecule has 10 atom stereocenters. The van der Waals surface area contributed by atoms with E-state index in [9.17, 15) is 24.3 Å². The lowest BCUT2D eigenvalue weighted by Gasteiger charge is -2.65. The van der Waals surface area contributed by atoms with Crippen molar-refractivity contribution in [3.05, 3.63) is 0 Å². The summed E-state index contributed by atoms with van der Waals surface area (Å²) < 4.78 is 28.9. The van der Waals surface area contributed by atoms with Crippen LogP contribution in [-0.4, -0.2) is 64.0 Å². The number of hydrogen-bond acceptors (Lipinski definition) is 7. The molecule has 8 nitrogen and oxygen atoms in total. The molecule has 2 heterocycles. The van der Waals surface area contributed by atoms with E-state index in [-0.39, 0.29) is 60.5 Å². The van der Waals surface area contributed by atoms with Crippen LogP contribution in [0.5, 0.6) is 0 Å². The summed E-state index contributed by atoms with van der Waals surface area (Å²) in [7, 11) is 0. The lowest BCUT2D eigenvalue weighted by molar-refractivity contribution is -0.197. The van der Waals surface area contributed by atoms with Crippen molar-refractivity contribution in [2.75, 3.05) is 13.1 Å². The van der Waals surface area contributed by atoms with Crippen molar-refractivity contribution in [2.24, 2.45) is 45.8 Å². The van der Waals surface area contributed by atoms with Crippen LogP contribution in [0.25, 0.3) is 0 Å². The second-order valence-corrected chi connectivity index (χ2v) is 16.3. The standard InChI is InChI=1S/C34H53NO7/c1-20-14-24-23(25(37)15-20)16-26(38)28-31(24,6)18-27(39)32(7,33(28,8)11-12-36)9-10-34-17-21(2)13-22(41-34)19-35(34)29(40)42-30(3,4)5/h20-24,28,36H,9-19H2,1-8H3/t20-,21+,22+,23+,24-,28+,31+,32-,33+,34+/m1/s1/i12D2. The van der Waals surface area contributed by atoms with E-state index in [0.717, 1.165) is 12.8 Å². The number of Topliss-reactive ketones (excluding diaryl/α,β-unsaturated/α-hetero) is 3. The van der Waals surface area contributed by atoms with Gasteiger partial charge in [0.1, 0.15) is 28.7 Å². The van der Waals surface area contributed by atoms with Crippen LogP contribution in [0.3, 0.4) is 0 Å². The van der Waals surface area contributed by atoms with Gasteiger partial charge in [0.25, 0.3) is 0 Å². The van der Waals surface area contributed by atoms with Gasteiger partial charge in [0, 0.05) is 43.1 Å². The number of carbonyl (C=O) groups excluding carboxylic acids is 4. The van der Waals surface area contributed by atoms with E-state index in [2.05, 4.69) is 6.92 Å². The van der Waals surface area contributed by atoms with Crippen molar-refractivity contribution in [3.8, 4) is 0 Å². The third-order valence-corrected chi connectivity index (χ3v) is 12.1. The summed E-state index contributed by atoms with van der Waals surface area (Å²) in [5.74, 6) is -0.963. The number of carbonyl (C=O) groups is 4. The molecule has 0 aromatic heterocycles. The SMILES string of the molecule is [2H]C([2H])(O)C[C@@]1(C)[C@H]2C(=O)C[C@@H]3C(=O)C[C@H](C)C[C@H]3[C@]2(C)CC(=O)[C@@]1(C)CC[C@]12C[C@@H](C)C[C@@H](CN1C(=O)OC(C)(C)C)O2. The highest BCUT2D eigenvalue weighted by atomic mass is 16.6. The maximum absolute atomic E-state index is 14.6. The highest BCUT2D eigenvalue weighted by molar-refractivity contribution is 5.96. The number of ketones is 3. The Morgan fingerprint density at radius 3 is 2.38 bits per heavy atom. The molecule has 3 saturated carbocycles. The molecule has 3 aliphatic carbocycles. The molecule has 2 saturated heterocycles. The van der Waals surface area contributed by atoms with Crippen LogP contribution in [-0.2, 0) is 23.9 Å². The van der Waals surface area contributed by atoms with E-state index in [1.165, 1.54) is 0 Å². The summed E-state index contributed by atoms with van der Waals surface area (Å²) in [4.78, 5) is 57.1. The number of hydrogen-bond donors (Lipinski definition) is 1. The van der Waals surface area contributed by atoms with Gasteiger partial charge in [-0.3, -0.25) is 19.3 Å². The fraction of sp³-hybridized carbons (Fsp3) is 0.882. The zero-order valence-electron chi connectivity index (χ0n) is 28.9. The summed E-state index contributed by atoms with van der Waals surface area (Å²) in [6.45, 7) is 13.0. The summed E-state index contributed by atoms with van der Waals surface area (Å²) in [6, 6.07) is 0. The minimum absolute atomic E-state index is 0.0826.